The Labute approximate surface area is 169 Å². The van der Waals surface area contributed by atoms with Gasteiger partial charge in [0.05, 0.1) is 24.6 Å². The normalized spacial score (nSPS) is 13.7. The highest BCUT2D eigenvalue weighted by atomic mass is 16.5. The Bertz CT molecular complexity index is 958. The first-order chi connectivity index (χ1) is 14.3. The van der Waals surface area contributed by atoms with Gasteiger partial charge in [-0.3, -0.25) is 4.79 Å². The van der Waals surface area contributed by atoms with Crippen LogP contribution in [0.5, 0.6) is 0 Å². The minimum Gasteiger partial charge on any atom is -0.378 e. The largest absolute Gasteiger partial charge is 0.378 e. The first-order valence-electron chi connectivity index (χ1n) is 9.63. The monoisotopic (exact) mass is 389 g/mol. The second-order valence-electron chi connectivity index (χ2n) is 6.68. The van der Waals surface area contributed by atoms with Gasteiger partial charge in [-0.2, -0.15) is 0 Å². The van der Waals surface area contributed by atoms with E-state index in [2.05, 4.69) is 31.6 Å². The van der Waals surface area contributed by atoms with Crippen molar-refractivity contribution >= 4 is 23.2 Å². The molecule has 0 saturated carbocycles. The second-order valence-corrected chi connectivity index (χ2v) is 6.68. The van der Waals surface area contributed by atoms with Gasteiger partial charge in [-0.1, -0.05) is 42.5 Å². The Morgan fingerprint density at radius 1 is 1.00 bits per heavy atom. The van der Waals surface area contributed by atoms with E-state index >= 15 is 0 Å². The zero-order chi connectivity index (χ0) is 19.9. The summed E-state index contributed by atoms with van der Waals surface area (Å²) in [5, 5.41) is 6.14. The molecule has 148 valence electrons. The molecular weight excluding hydrogens is 366 g/mol. The van der Waals surface area contributed by atoms with Crippen LogP contribution in [0.25, 0.3) is 0 Å². The van der Waals surface area contributed by atoms with Gasteiger partial charge >= 0.3 is 0 Å². The lowest BCUT2D eigenvalue weighted by atomic mass is 10.2. The molecule has 0 radical (unpaired) electrons. The Balaban J connectivity index is 1.46. The molecule has 1 aliphatic heterocycles. The number of carbonyl (C=O) groups excluding carboxylic acids is 1. The molecule has 0 aliphatic carbocycles. The van der Waals surface area contributed by atoms with Crippen LogP contribution in [0, 0.1) is 0 Å². The minimum absolute atomic E-state index is 0.235. The lowest BCUT2D eigenvalue weighted by molar-refractivity contribution is 0.0946. The number of hydrogen-bond acceptors (Lipinski definition) is 6. The first-order valence-corrected chi connectivity index (χ1v) is 9.63. The van der Waals surface area contributed by atoms with Gasteiger partial charge in [-0.15, -0.1) is 0 Å². The van der Waals surface area contributed by atoms with E-state index < -0.39 is 0 Å². The Hall–Kier alpha value is -3.45. The Morgan fingerprint density at radius 2 is 1.76 bits per heavy atom. The van der Waals surface area contributed by atoms with Crippen molar-refractivity contribution < 1.29 is 9.53 Å². The molecule has 0 bridgehead atoms. The zero-order valence-corrected chi connectivity index (χ0v) is 16.0. The maximum atomic E-state index is 12.5. The average Bonchev–Trinajstić information content (AvgIpc) is 2.79. The summed E-state index contributed by atoms with van der Waals surface area (Å²) in [6, 6.07) is 19.4. The van der Waals surface area contributed by atoms with Crippen LogP contribution in [0.15, 0.2) is 66.9 Å². The van der Waals surface area contributed by atoms with Crippen LogP contribution in [0.1, 0.15) is 16.1 Å². The second kappa shape index (κ2) is 9.16. The highest BCUT2D eigenvalue weighted by molar-refractivity contribution is 5.92. The molecule has 3 aromatic rings. The van der Waals surface area contributed by atoms with Crippen LogP contribution in [-0.2, 0) is 11.3 Å². The number of aromatic nitrogens is 2. The van der Waals surface area contributed by atoms with Gasteiger partial charge in [0.1, 0.15) is 5.69 Å². The highest BCUT2D eigenvalue weighted by Gasteiger charge is 2.15. The van der Waals surface area contributed by atoms with Crippen molar-refractivity contribution in [1.29, 1.82) is 0 Å². The van der Waals surface area contributed by atoms with Crippen molar-refractivity contribution in [3.8, 4) is 0 Å². The summed E-state index contributed by atoms with van der Waals surface area (Å²) in [6.07, 6.45) is 1.59. The van der Waals surface area contributed by atoms with E-state index in [0.717, 1.165) is 30.0 Å². The average molecular weight is 389 g/mol. The van der Waals surface area contributed by atoms with Gasteiger partial charge in [-0.05, 0) is 23.8 Å². The molecule has 7 nitrogen and oxygen atoms in total. The number of amides is 1. The molecule has 1 saturated heterocycles. The first kappa shape index (κ1) is 18.9. The lowest BCUT2D eigenvalue weighted by Gasteiger charge is -2.30. The number of hydrogen-bond donors (Lipinski definition) is 2. The van der Waals surface area contributed by atoms with Crippen molar-refractivity contribution in [3.63, 3.8) is 0 Å². The van der Waals surface area contributed by atoms with E-state index in [9.17, 15) is 4.79 Å². The van der Waals surface area contributed by atoms with Crippen molar-refractivity contribution in [2.75, 3.05) is 36.5 Å². The standard InChI is InChI=1S/C22H23N5O2/c28-21(24-16-17-6-2-1-3-7-17)19-10-11-23-22(26-19)25-18-8-4-5-9-20(18)27-12-14-29-15-13-27/h1-11H,12-16H2,(H,24,28)(H,23,25,26). The molecule has 29 heavy (non-hydrogen) atoms. The van der Waals surface area contributed by atoms with E-state index in [4.69, 9.17) is 4.74 Å². The van der Waals surface area contributed by atoms with Gasteiger partial charge in [-0.25, -0.2) is 9.97 Å². The number of benzene rings is 2. The lowest BCUT2D eigenvalue weighted by Crippen LogP contribution is -2.36. The van der Waals surface area contributed by atoms with Crippen LogP contribution in [0.3, 0.4) is 0 Å². The fourth-order valence-corrected chi connectivity index (χ4v) is 3.19. The maximum Gasteiger partial charge on any atom is 0.270 e. The highest BCUT2D eigenvalue weighted by Crippen LogP contribution is 2.28. The van der Waals surface area contributed by atoms with Crippen molar-refractivity contribution in [1.82, 2.24) is 15.3 Å². The van der Waals surface area contributed by atoms with Crippen molar-refractivity contribution in [2.45, 2.75) is 6.54 Å². The summed E-state index contributed by atoms with van der Waals surface area (Å²) in [7, 11) is 0. The van der Waals surface area contributed by atoms with Gasteiger partial charge in [0, 0.05) is 25.8 Å². The van der Waals surface area contributed by atoms with Gasteiger partial charge in [0.25, 0.3) is 5.91 Å². The van der Waals surface area contributed by atoms with Gasteiger partial charge in [0.15, 0.2) is 0 Å². The van der Waals surface area contributed by atoms with E-state index in [1.807, 2.05) is 48.5 Å². The molecule has 2 aromatic carbocycles. The van der Waals surface area contributed by atoms with E-state index in [0.29, 0.717) is 31.4 Å². The fraction of sp³-hybridized carbons (Fsp3) is 0.227. The number of morpholine rings is 1. The molecule has 0 atom stereocenters. The fourth-order valence-electron chi connectivity index (χ4n) is 3.19. The predicted octanol–water partition coefficient (Wildman–Crippen LogP) is 2.99. The van der Waals surface area contributed by atoms with Crippen molar-refractivity contribution in [2.24, 2.45) is 0 Å². The summed E-state index contributed by atoms with van der Waals surface area (Å²) in [5.41, 5.74) is 3.32. The number of nitrogens with zero attached hydrogens (tertiary/aromatic N) is 3. The number of carbonyl (C=O) groups is 1. The zero-order valence-electron chi connectivity index (χ0n) is 16.0. The molecule has 0 unspecified atom stereocenters. The van der Waals surface area contributed by atoms with Crippen molar-refractivity contribution in [3.05, 3.63) is 78.1 Å². The third-order valence-electron chi connectivity index (χ3n) is 4.69. The number of rotatable bonds is 6. The number of anilines is 3. The van der Waals surface area contributed by atoms with Crippen LogP contribution >= 0.6 is 0 Å². The number of ether oxygens (including phenoxy) is 1. The molecular formula is C22H23N5O2. The van der Waals surface area contributed by atoms with Crippen LogP contribution in [0.4, 0.5) is 17.3 Å². The van der Waals surface area contributed by atoms with Crippen LogP contribution < -0.4 is 15.5 Å². The third-order valence-corrected chi connectivity index (χ3v) is 4.69. The van der Waals surface area contributed by atoms with Crippen LogP contribution in [-0.4, -0.2) is 42.2 Å². The van der Waals surface area contributed by atoms with E-state index in [-0.39, 0.29) is 5.91 Å². The minimum atomic E-state index is -0.235. The molecule has 2 heterocycles. The Morgan fingerprint density at radius 3 is 2.59 bits per heavy atom. The van der Waals surface area contributed by atoms with Crippen LogP contribution in [0.2, 0.25) is 0 Å². The summed E-state index contributed by atoms with van der Waals surface area (Å²) < 4.78 is 5.45. The summed E-state index contributed by atoms with van der Waals surface area (Å²) in [5.74, 6) is 0.152. The van der Waals surface area contributed by atoms with Gasteiger partial charge < -0.3 is 20.3 Å². The SMILES string of the molecule is O=C(NCc1ccccc1)c1ccnc(Nc2ccccc2N2CCOCC2)n1. The molecule has 2 N–H and O–H groups in total. The molecule has 1 fully saturated rings. The summed E-state index contributed by atoms with van der Waals surface area (Å²) in [6.45, 7) is 3.54. The molecule has 1 amide bonds. The van der Waals surface area contributed by atoms with Gasteiger partial charge in [0.2, 0.25) is 5.95 Å². The molecule has 7 heteroatoms. The summed E-state index contributed by atoms with van der Waals surface area (Å²) >= 11 is 0. The molecule has 0 spiro atoms. The van der Waals surface area contributed by atoms with E-state index in [1.165, 1.54) is 0 Å². The molecule has 4 rings (SSSR count). The topological polar surface area (TPSA) is 79.4 Å². The molecule has 1 aliphatic rings. The number of nitrogens with one attached hydrogen (secondary N) is 2. The smallest absolute Gasteiger partial charge is 0.270 e. The quantitative estimate of drug-likeness (QED) is 0.675. The Kier molecular flexibility index (Phi) is 5.97. The molecule has 1 aromatic heterocycles. The predicted molar refractivity (Wildman–Crippen MR) is 112 cm³/mol. The summed E-state index contributed by atoms with van der Waals surface area (Å²) in [4.78, 5) is 23.4. The van der Waals surface area contributed by atoms with E-state index in [1.54, 1.807) is 12.3 Å². The maximum absolute atomic E-state index is 12.5. The number of para-hydroxylation sites is 2. The third kappa shape index (κ3) is 4.89.